The van der Waals surface area contributed by atoms with Crippen molar-refractivity contribution < 1.29 is 9.84 Å². The molecule has 0 amide bonds. The molecule has 8 nitrogen and oxygen atoms in total. The van der Waals surface area contributed by atoms with Crippen molar-refractivity contribution in [1.29, 1.82) is 0 Å². The Labute approximate surface area is 173 Å². The van der Waals surface area contributed by atoms with Crippen LogP contribution in [0.1, 0.15) is 32.1 Å². The van der Waals surface area contributed by atoms with Gasteiger partial charge in [0.1, 0.15) is 5.52 Å². The highest BCUT2D eigenvalue weighted by atomic mass is 16.5. The zero-order chi connectivity index (χ0) is 20.3. The Hall–Kier alpha value is -3.26. The number of ether oxygens (including phenoxy) is 1. The van der Waals surface area contributed by atoms with Gasteiger partial charge in [0.25, 0.3) is 0 Å². The zero-order valence-electron chi connectivity index (χ0n) is 16.7. The molecule has 3 aromatic heterocycles. The second-order valence-corrected chi connectivity index (χ2v) is 8.53. The molecule has 2 N–H and O–H groups in total. The molecule has 2 bridgehead atoms. The number of hydrogen-bond donors (Lipinski definition) is 2. The minimum Gasteiger partial charge on any atom is -0.479 e. The van der Waals surface area contributed by atoms with Crippen molar-refractivity contribution in [2.24, 2.45) is 0 Å². The molecule has 30 heavy (non-hydrogen) atoms. The van der Waals surface area contributed by atoms with Gasteiger partial charge in [-0.25, -0.2) is 4.52 Å². The Morgan fingerprint density at radius 2 is 1.87 bits per heavy atom. The first-order valence-corrected chi connectivity index (χ1v) is 10.2. The number of methoxy groups -OCH3 is 1. The molecule has 6 rings (SSSR count). The molecule has 0 unspecified atom stereocenters. The van der Waals surface area contributed by atoms with Gasteiger partial charge in [-0.1, -0.05) is 6.07 Å². The van der Waals surface area contributed by atoms with Gasteiger partial charge in [-0.3, -0.25) is 9.97 Å². The highest BCUT2D eigenvalue weighted by molar-refractivity contribution is 5.89. The number of aromatic nitrogens is 5. The first-order chi connectivity index (χ1) is 14.6. The summed E-state index contributed by atoms with van der Waals surface area (Å²) in [4.78, 5) is 13.4. The lowest BCUT2D eigenvalue weighted by Gasteiger charge is -2.27. The summed E-state index contributed by atoms with van der Waals surface area (Å²) >= 11 is 0. The molecule has 0 spiro atoms. The third-order valence-electron chi connectivity index (χ3n) is 6.64. The summed E-state index contributed by atoms with van der Waals surface area (Å²) < 4.78 is 7.45. The van der Waals surface area contributed by atoms with Crippen LogP contribution in [0.25, 0.3) is 27.7 Å². The minimum atomic E-state index is -0.527. The number of hydrogen-bond acceptors (Lipinski definition) is 7. The molecule has 3 heterocycles. The number of nitrogens with one attached hydrogen (secondary N) is 1. The van der Waals surface area contributed by atoms with Crippen LogP contribution < -0.4 is 10.1 Å². The summed E-state index contributed by atoms with van der Waals surface area (Å²) in [5, 5.41) is 18.7. The molecule has 152 valence electrons. The van der Waals surface area contributed by atoms with E-state index >= 15 is 0 Å². The number of aliphatic hydroxyl groups is 1. The molecule has 1 aromatic carbocycles. The normalized spacial score (nSPS) is 25.3. The van der Waals surface area contributed by atoms with E-state index in [1.54, 1.807) is 24.0 Å². The van der Waals surface area contributed by atoms with Crippen molar-refractivity contribution in [3.63, 3.8) is 0 Å². The highest BCUT2D eigenvalue weighted by Crippen LogP contribution is 2.51. The first kappa shape index (κ1) is 17.6. The summed E-state index contributed by atoms with van der Waals surface area (Å²) in [6.45, 7) is 0. The number of fused-ring (bicyclic) bond motifs is 4. The van der Waals surface area contributed by atoms with E-state index in [4.69, 9.17) is 9.84 Å². The van der Waals surface area contributed by atoms with E-state index in [0.717, 1.165) is 59.8 Å². The average Bonchev–Trinajstić information content (AvgIpc) is 3.43. The van der Waals surface area contributed by atoms with E-state index in [-0.39, 0.29) is 5.54 Å². The lowest BCUT2D eigenvalue weighted by atomic mass is 9.93. The average molecular weight is 402 g/mol. The maximum Gasteiger partial charge on any atom is 0.244 e. The molecule has 0 aliphatic heterocycles. The van der Waals surface area contributed by atoms with Crippen LogP contribution in [0.4, 0.5) is 5.95 Å². The molecule has 4 aromatic rings. The SMILES string of the molecule is COc1nc(NC23CCC(O)(CC2)C3)nn2ccc(-c3ccc4nccnc4c3)c12. The van der Waals surface area contributed by atoms with E-state index in [1.165, 1.54) is 0 Å². The standard InChI is InChI=1S/C22H22N6O2/c1-30-19-18-15(14-2-3-16-17(12-14)24-10-9-23-16)4-11-28(18)27-20(25-19)26-21-5-7-22(29,13-21)8-6-21/h2-4,9-12,29H,5-8,13H2,1H3,(H,26,27). The summed E-state index contributed by atoms with van der Waals surface area (Å²) in [7, 11) is 1.62. The minimum absolute atomic E-state index is 0.125. The molecule has 8 heteroatoms. The fraction of sp³-hybridized carbons (Fsp3) is 0.364. The Morgan fingerprint density at radius 3 is 2.60 bits per heavy atom. The number of anilines is 1. The lowest BCUT2D eigenvalue weighted by molar-refractivity contribution is 0.0521. The molecule has 2 aliphatic carbocycles. The Balaban J connectivity index is 1.42. The maximum absolute atomic E-state index is 10.5. The van der Waals surface area contributed by atoms with Gasteiger partial charge in [-0.2, -0.15) is 4.98 Å². The predicted molar refractivity (Wildman–Crippen MR) is 112 cm³/mol. The van der Waals surface area contributed by atoms with Crippen LogP contribution >= 0.6 is 0 Å². The smallest absolute Gasteiger partial charge is 0.244 e. The van der Waals surface area contributed by atoms with Gasteiger partial charge in [-0.15, -0.1) is 5.10 Å². The van der Waals surface area contributed by atoms with Gasteiger partial charge in [0.15, 0.2) is 0 Å². The van der Waals surface area contributed by atoms with Crippen LogP contribution in [-0.2, 0) is 0 Å². The number of benzene rings is 1. The molecule has 2 fully saturated rings. The first-order valence-electron chi connectivity index (χ1n) is 10.2. The molecular weight excluding hydrogens is 380 g/mol. The van der Waals surface area contributed by atoms with E-state index in [9.17, 15) is 5.11 Å². The Bertz CT molecular complexity index is 1280. The van der Waals surface area contributed by atoms with Crippen LogP contribution in [-0.4, -0.2) is 47.9 Å². The quantitative estimate of drug-likeness (QED) is 0.541. The third-order valence-corrected chi connectivity index (χ3v) is 6.64. The largest absolute Gasteiger partial charge is 0.479 e. The molecule has 2 saturated carbocycles. The van der Waals surface area contributed by atoms with Crippen molar-refractivity contribution in [1.82, 2.24) is 24.6 Å². The van der Waals surface area contributed by atoms with Crippen molar-refractivity contribution in [2.75, 3.05) is 12.4 Å². The summed E-state index contributed by atoms with van der Waals surface area (Å²) in [6, 6.07) is 8.01. The molecule has 0 atom stereocenters. The van der Waals surface area contributed by atoms with Crippen LogP contribution in [0.3, 0.4) is 0 Å². The van der Waals surface area contributed by atoms with Crippen molar-refractivity contribution in [3.8, 4) is 17.0 Å². The highest BCUT2D eigenvalue weighted by Gasteiger charge is 2.53. The van der Waals surface area contributed by atoms with Crippen LogP contribution in [0.2, 0.25) is 0 Å². The maximum atomic E-state index is 10.5. The van der Waals surface area contributed by atoms with Gasteiger partial charge in [0.05, 0.1) is 23.7 Å². The topological polar surface area (TPSA) is 97.5 Å². The van der Waals surface area contributed by atoms with Crippen LogP contribution in [0.15, 0.2) is 42.9 Å². The summed E-state index contributed by atoms with van der Waals surface area (Å²) in [5.41, 5.74) is 3.82. The molecule has 0 saturated heterocycles. The van der Waals surface area contributed by atoms with E-state index in [0.29, 0.717) is 11.8 Å². The molecule has 2 aliphatic rings. The molecular formula is C22H22N6O2. The van der Waals surface area contributed by atoms with Gasteiger partial charge >= 0.3 is 0 Å². The van der Waals surface area contributed by atoms with Crippen LogP contribution in [0.5, 0.6) is 5.88 Å². The third kappa shape index (κ3) is 2.64. The Kier molecular flexibility index (Phi) is 3.59. The fourth-order valence-corrected chi connectivity index (χ4v) is 5.13. The number of nitrogens with zero attached hydrogens (tertiary/aromatic N) is 5. The second-order valence-electron chi connectivity index (χ2n) is 8.53. The van der Waals surface area contributed by atoms with Crippen LogP contribution in [0, 0.1) is 0 Å². The Morgan fingerprint density at radius 1 is 1.07 bits per heavy atom. The molecule has 0 radical (unpaired) electrons. The second kappa shape index (κ2) is 6.12. The van der Waals surface area contributed by atoms with E-state index < -0.39 is 5.60 Å². The number of rotatable bonds is 4. The van der Waals surface area contributed by atoms with Gasteiger partial charge < -0.3 is 15.2 Å². The summed E-state index contributed by atoms with van der Waals surface area (Å²) in [6.07, 6.45) is 9.58. The van der Waals surface area contributed by atoms with E-state index in [1.807, 2.05) is 30.5 Å². The van der Waals surface area contributed by atoms with Gasteiger partial charge in [0, 0.05) is 29.7 Å². The van der Waals surface area contributed by atoms with Crippen molar-refractivity contribution in [3.05, 3.63) is 42.9 Å². The monoisotopic (exact) mass is 402 g/mol. The fourth-order valence-electron chi connectivity index (χ4n) is 5.13. The van der Waals surface area contributed by atoms with Crippen molar-refractivity contribution in [2.45, 2.75) is 43.2 Å². The van der Waals surface area contributed by atoms with Gasteiger partial charge in [0.2, 0.25) is 11.8 Å². The summed E-state index contributed by atoms with van der Waals surface area (Å²) in [5.74, 6) is 1.03. The lowest BCUT2D eigenvalue weighted by Crippen LogP contribution is -2.34. The van der Waals surface area contributed by atoms with E-state index in [2.05, 4.69) is 20.3 Å². The predicted octanol–water partition coefficient (Wildman–Crippen LogP) is 3.21. The van der Waals surface area contributed by atoms with Crippen molar-refractivity contribution >= 4 is 22.5 Å². The van der Waals surface area contributed by atoms with Gasteiger partial charge in [-0.05, 0) is 55.9 Å². The zero-order valence-corrected chi connectivity index (χ0v) is 16.7.